The van der Waals surface area contributed by atoms with Crippen LogP contribution in [0.2, 0.25) is 0 Å². The summed E-state index contributed by atoms with van der Waals surface area (Å²) < 4.78 is 55.5. The number of aromatic nitrogens is 1. The molecule has 0 aliphatic heterocycles. The molecule has 0 fully saturated rings. The number of pyridine rings is 1. The Kier molecular flexibility index (Phi) is 6.51. The van der Waals surface area contributed by atoms with Gasteiger partial charge in [-0.3, -0.25) is 0 Å². The highest BCUT2D eigenvalue weighted by Crippen LogP contribution is 2.23. The van der Waals surface area contributed by atoms with Crippen molar-refractivity contribution in [2.24, 2.45) is 0 Å². The molecule has 1 rings (SSSR count). The number of hydrogen-bond donors (Lipinski definition) is 1. The van der Waals surface area contributed by atoms with Crippen LogP contribution >= 0.6 is 0 Å². The monoisotopic (exact) mass is 338 g/mol. The van der Waals surface area contributed by atoms with E-state index in [1.807, 2.05) is 27.7 Å². The van der Waals surface area contributed by atoms with E-state index in [2.05, 4.69) is 14.4 Å². The van der Waals surface area contributed by atoms with E-state index >= 15 is 0 Å². The smallest absolute Gasteiger partial charge is 0.422 e. The normalized spacial score (nSPS) is 15.5. The standard InChI is InChI=1S/C14H21F3N2O2S/c1-5-11(19-22(20)13(2,3)4)10-6-7-12(18-8-10)21-9-14(15,16)17/h6-8,11,19H,5,9H2,1-4H3. The second-order valence-corrected chi connectivity index (χ2v) is 7.79. The first-order valence-corrected chi connectivity index (χ1v) is 8.01. The maximum absolute atomic E-state index is 12.1. The Bertz CT molecular complexity index is 461. The highest BCUT2D eigenvalue weighted by atomic mass is 32.2. The first kappa shape index (κ1) is 19.1. The summed E-state index contributed by atoms with van der Waals surface area (Å²) in [6.07, 6.45) is -2.28. The molecule has 0 aromatic carbocycles. The zero-order valence-electron chi connectivity index (χ0n) is 13.0. The predicted molar refractivity (Wildman–Crippen MR) is 79.9 cm³/mol. The Balaban J connectivity index is 2.70. The average Bonchev–Trinajstić information content (AvgIpc) is 2.41. The fraction of sp³-hybridized carbons (Fsp3) is 0.643. The molecule has 8 heteroatoms. The van der Waals surface area contributed by atoms with E-state index in [0.29, 0.717) is 6.42 Å². The van der Waals surface area contributed by atoms with Gasteiger partial charge >= 0.3 is 6.18 Å². The third-order valence-electron chi connectivity index (χ3n) is 2.76. The van der Waals surface area contributed by atoms with Gasteiger partial charge in [-0.25, -0.2) is 4.98 Å². The lowest BCUT2D eigenvalue weighted by Crippen LogP contribution is -2.41. The summed E-state index contributed by atoms with van der Waals surface area (Å²) in [5, 5.41) is 0. The number of ether oxygens (including phenoxy) is 1. The van der Waals surface area contributed by atoms with Gasteiger partial charge in [0.05, 0.1) is 6.04 Å². The molecular formula is C14H21F3N2O2S. The molecule has 126 valence electrons. The van der Waals surface area contributed by atoms with Crippen molar-refractivity contribution in [2.75, 3.05) is 6.61 Å². The molecule has 22 heavy (non-hydrogen) atoms. The van der Waals surface area contributed by atoms with Crippen LogP contribution in [0.5, 0.6) is 5.88 Å². The molecule has 1 heterocycles. The van der Waals surface area contributed by atoms with Crippen LogP contribution in [0.4, 0.5) is 13.2 Å². The number of hydrogen-bond acceptors (Lipinski definition) is 4. The summed E-state index contributed by atoms with van der Waals surface area (Å²) >= 11 is -1.25. The van der Waals surface area contributed by atoms with E-state index < -0.39 is 28.9 Å². The molecule has 0 aliphatic carbocycles. The van der Waals surface area contributed by atoms with Gasteiger partial charge in [-0.15, -0.1) is 4.72 Å². The van der Waals surface area contributed by atoms with Crippen molar-refractivity contribution in [3.63, 3.8) is 0 Å². The summed E-state index contributed by atoms with van der Waals surface area (Å²) in [5.74, 6) is -0.0899. The molecule has 0 spiro atoms. The van der Waals surface area contributed by atoms with E-state index in [9.17, 15) is 17.7 Å². The van der Waals surface area contributed by atoms with Crippen molar-refractivity contribution < 1.29 is 22.5 Å². The molecule has 4 nitrogen and oxygen atoms in total. The lowest BCUT2D eigenvalue weighted by atomic mass is 10.1. The molecule has 1 aromatic heterocycles. The van der Waals surface area contributed by atoms with Crippen molar-refractivity contribution in [3.8, 4) is 5.88 Å². The Morgan fingerprint density at radius 2 is 1.95 bits per heavy atom. The van der Waals surface area contributed by atoms with Crippen molar-refractivity contribution in [1.82, 2.24) is 9.71 Å². The first-order chi connectivity index (χ1) is 10.0. The SMILES string of the molecule is CCC(N[S+]([O-])C(C)(C)C)c1ccc(OCC(F)(F)F)nc1. The molecule has 0 bridgehead atoms. The molecule has 1 aromatic rings. The summed E-state index contributed by atoms with van der Waals surface area (Å²) in [7, 11) is 0. The maximum atomic E-state index is 12.1. The van der Waals surface area contributed by atoms with Gasteiger partial charge in [-0.05, 0) is 32.8 Å². The quantitative estimate of drug-likeness (QED) is 0.806. The van der Waals surface area contributed by atoms with Gasteiger partial charge in [0.15, 0.2) is 6.61 Å². The zero-order chi connectivity index (χ0) is 17.0. The lowest BCUT2D eigenvalue weighted by Gasteiger charge is -2.27. The van der Waals surface area contributed by atoms with Crippen molar-refractivity contribution in [3.05, 3.63) is 23.9 Å². The molecule has 1 N–H and O–H groups in total. The molecule has 0 saturated carbocycles. The molecule has 2 unspecified atom stereocenters. The summed E-state index contributed by atoms with van der Waals surface area (Å²) in [6.45, 7) is 6.12. The van der Waals surface area contributed by atoms with Crippen molar-refractivity contribution in [1.29, 1.82) is 0 Å². The van der Waals surface area contributed by atoms with Crippen LogP contribution in [0.25, 0.3) is 0 Å². The van der Waals surface area contributed by atoms with E-state index in [1.165, 1.54) is 12.3 Å². The second-order valence-electron chi connectivity index (χ2n) is 5.79. The second kappa shape index (κ2) is 7.52. The van der Waals surface area contributed by atoms with E-state index in [0.717, 1.165) is 5.56 Å². The number of nitrogens with one attached hydrogen (secondary N) is 1. The minimum Gasteiger partial charge on any atom is -0.598 e. The maximum Gasteiger partial charge on any atom is 0.422 e. The molecule has 0 amide bonds. The molecular weight excluding hydrogens is 317 g/mol. The molecule has 0 saturated heterocycles. The fourth-order valence-corrected chi connectivity index (χ4v) is 2.45. The number of rotatable bonds is 6. The van der Waals surface area contributed by atoms with Gasteiger partial charge in [0, 0.05) is 23.6 Å². The van der Waals surface area contributed by atoms with E-state index in [-0.39, 0.29) is 11.9 Å². The fourth-order valence-electron chi connectivity index (χ4n) is 1.53. The molecule has 0 aliphatic rings. The highest BCUT2D eigenvalue weighted by molar-refractivity contribution is 7.90. The average molecular weight is 338 g/mol. The van der Waals surface area contributed by atoms with Crippen LogP contribution in [0.15, 0.2) is 18.3 Å². The first-order valence-electron chi connectivity index (χ1n) is 6.86. The van der Waals surface area contributed by atoms with Crippen molar-refractivity contribution in [2.45, 2.75) is 51.1 Å². The van der Waals surface area contributed by atoms with Crippen LogP contribution in [-0.4, -0.2) is 27.1 Å². The Hall–Kier alpha value is -0.990. The number of halogens is 3. The Labute approximate surface area is 131 Å². The lowest BCUT2D eigenvalue weighted by molar-refractivity contribution is -0.154. The van der Waals surface area contributed by atoms with Gasteiger partial charge in [-0.1, -0.05) is 13.0 Å². The van der Waals surface area contributed by atoms with Crippen LogP contribution < -0.4 is 9.46 Å². The van der Waals surface area contributed by atoms with Crippen LogP contribution in [0.3, 0.4) is 0 Å². The predicted octanol–water partition coefficient (Wildman–Crippen LogP) is 3.53. The van der Waals surface area contributed by atoms with E-state index in [4.69, 9.17) is 0 Å². The van der Waals surface area contributed by atoms with Crippen molar-refractivity contribution >= 4 is 11.4 Å². The zero-order valence-corrected chi connectivity index (χ0v) is 13.8. The molecule has 2 atom stereocenters. The summed E-state index contributed by atoms with van der Waals surface area (Å²) in [6, 6.07) is 2.81. The van der Waals surface area contributed by atoms with Crippen LogP contribution in [0, 0.1) is 0 Å². The highest BCUT2D eigenvalue weighted by Gasteiger charge is 2.30. The molecule has 0 radical (unpaired) electrons. The largest absolute Gasteiger partial charge is 0.598 e. The van der Waals surface area contributed by atoms with Crippen LogP contribution in [0.1, 0.15) is 45.7 Å². The third-order valence-corrected chi connectivity index (χ3v) is 4.37. The van der Waals surface area contributed by atoms with E-state index in [1.54, 1.807) is 6.07 Å². The van der Waals surface area contributed by atoms with Gasteiger partial charge in [0.2, 0.25) is 5.88 Å². The summed E-state index contributed by atoms with van der Waals surface area (Å²) in [4.78, 5) is 3.86. The van der Waals surface area contributed by atoms with Gasteiger partial charge in [0.1, 0.15) is 4.75 Å². The Morgan fingerprint density at radius 3 is 2.36 bits per heavy atom. The van der Waals surface area contributed by atoms with Gasteiger partial charge in [0.25, 0.3) is 0 Å². The number of nitrogens with zero attached hydrogens (tertiary/aromatic N) is 1. The van der Waals surface area contributed by atoms with Gasteiger partial charge in [-0.2, -0.15) is 13.2 Å². The number of alkyl halides is 3. The third kappa shape index (κ3) is 6.41. The van der Waals surface area contributed by atoms with Crippen LogP contribution in [-0.2, 0) is 11.4 Å². The topological polar surface area (TPSA) is 57.2 Å². The minimum atomic E-state index is -4.39. The minimum absolute atomic E-state index is 0.0899. The van der Waals surface area contributed by atoms with Gasteiger partial charge < -0.3 is 9.29 Å². The Morgan fingerprint density at radius 1 is 1.32 bits per heavy atom. The summed E-state index contributed by atoms with van der Waals surface area (Å²) in [5.41, 5.74) is 0.749.